The monoisotopic (exact) mass is 234 g/mol. The maximum absolute atomic E-state index is 12.0. The predicted molar refractivity (Wildman–Crippen MR) is 61.3 cm³/mol. The molecule has 82 valence electrons. The minimum atomic E-state index is -0.0414. The zero-order valence-electron chi connectivity index (χ0n) is 8.69. The van der Waals surface area contributed by atoms with Crippen LogP contribution in [0, 0.1) is 11.3 Å². The zero-order chi connectivity index (χ0) is 11.5. The highest BCUT2D eigenvalue weighted by Gasteiger charge is 2.25. The summed E-state index contributed by atoms with van der Waals surface area (Å²) in [4.78, 5) is 13.7. The summed E-state index contributed by atoms with van der Waals surface area (Å²) >= 11 is 5.95. The van der Waals surface area contributed by atoms with Gasteiger partial charge in [-0.15, -0.1) is 11.6 Å². The number of hydrogen-bond donors (Lipinski definition) is 0. The Labute approximate surface area is 99.2 Å². The van der Waals surface area contributed by atoms with Crippen molar-refractivity contribution >= 4 is 17.5 Å². The van der Waals surface area contributed by atoms with Gasteiger partial charge in [0.05, 0.1) is 17.0 Å². The lowest BCUT2D eigenvalue weighted by Gasteiger charge is -2.15. The molecule has 1 aromatic carbocycles. The lowest BCUT2D eigenvalue weighted by atomic mass is 10.1. The lowest BCUT2D eigenvalue weighted by molar-refractivity contribution is 0.0793. The largest absolute Gasteiger partial charge is 0.337 e. The second-order valence-electron chi connectivity index (χ2n) is 3.83. The van der Waals surface area contributed by atoms with Gasteiger partial charge in [-0.25, -0.2) is 0 Å². The Hall–Kier alpha value is -1.53. The number of rotatable bonds is 1. The van der Waals surface area contributed by atoms with Crippen LogP contribution in [0.2, 0.25) is 0 Å². The van der Waals surface area contributed by atoms with Crippen molar-refractivity contribution in [2.45, 2.75) is 11.8 Å². The van der Waals surface area contributed by atoms with Gasteiger partial charge in [0.25, 0.3) is 5.91 Å². The molecule has 1 amide bonds. The van der Waals surface area contributed by atoms with E-state index in [-0.39, 0.29) is 11.3 Å². The molecule has 1 aliphatic heterocycles. The SMILES string of the molecule is N#Cc1cccc(C(=O)N2CCC(Cl)C2)c1. The van der Waals surface area contributed by atoms with E-state index < -0.39 is 0 Å². The van der Waals surface area contributed by atoms with Gasteiger partial charge in [-0.3, -0.25) is 4.79 Å². The summed E-state index contributed by atoms with van der Waals surface area (Å²) in [5.41, 5.74) is 1.07. The summed E-state index contributed by atoms with van der Waals surface area (Å²) in [5.74, 6) is -0.0414. The molecular formula is C12H11ClN2O. The molecule has 0 N–H and O–H groups in total. The van der Waals surface area contributed by atoms with Crippen molar-refractivity contribution in [2.75, 3.05) is 13.1 Å². The number of alkyl halides is 1. The van der Waals surface area contributed by atoms with Crippen LogP contribution in [0.5, 0.6) is 0 Å². The molecule has 1 aromatic rings. The first-order chi connectivity index (χ1) is 7.70. The summed E-state index contributed by atoms with van der Waals surface area (Å²) in [6, 6.07) is 8.77. The van der Waals surface area contributed by atoms with Gasteiger partial charge in [0.1, 0.15) is 0 Å². The molecule has 0 aromatic heterocycles. The van der Waals surface area contributed by atoms with Crippen LogP contribution in [-0.4, -0.2) is 29.3 Å². The number of amides is 1. The van der Waals surface area contributed by atoms with Crippen LogP contribution in [-0.2, 0) is 0 Å². The Balaban J connectivity index is 2.18. The fourth-order valence-corrected chi connectivity index (χ4v) is 2.07. The van der Waals surface area contributed by atoms with E-state index in [1.54, 1.807) is 29.2 Å². The molecule has 0 bridgehead atoms. The Morgan fingerprint density at radius 2 is 2.38 bits per heavy atom. The van der Waals surface area contributed by atoms with Gasteiger partial charge in [0.2, 0.25) is 0 Å². The normalized spacial score (nSPS) is 19.5. The number of likely N-dealkylation sites (tertiary alicyclic amines) is 1. The first-order valence-electron chi connectivity index (χ1n) is 5.14. The van der Waals surface area contributed by atoms with E-state index in [1.807, 2.05) is 6.07 Å². The molecule has 0 radical (unpaired) electrons. The summed E-state index contributed by atoms with van der Waals surface area (Å²) < 4.78 is 0. The van der Waals surface area contributed by atoms with Crippen LogP contribution in [0.25, 0.3) is 0 Å². The molecule has 0 spiro atoms. The third-order valence-electron chi connectivity index (χ3n) is 2.66. The average molecular weight is 235 g/mol. The van der Waals surface area contributed by atoms with Gasteiger partial charge >= 0.3 is 0 Å². The van der Waals surface area contributed by atoms with Crippen LogP contribution in [0.4, 0.5) is 0 Å². The van der Waals surface area contributed by atoms with E-state index in [0.29, 0.717) is 24.2 Å². The molecule has 1 atom stereocenters. The zero-order valence-corrected chi connectivity index (χ0v) is 9.44. The standard InChI is InChI=1S/C12H11ClN2O/c13-11-4-5-15(8-11)12(16)10-3-1-2-9(6-10)7-14/h1-3,6,11H,4-5,8H2. The topological polar surface area (TPSA) is 44.1 Å². The number of halogens is 1. The van der Waals surface area contributed by atoms with Gasteiger partial charge in [-0.2, -0.15) is 5.26 Å². The number of nitriles is 1. The van der Waals surface area contributed by atoms with Crippen molar-refractivity contribution in [1.82, 2.24) is 4.90 Å². The highest BCUT2D eigenvalue weighted by atomic mass is 35.5. The summed E-state index contributed by atoms with van der Waals surface area (Å²) in [5, 5.41) is 8.81. The highest BCUT2D eigenvalue weighted by molar-refractivity contribution is 6.21. The fraction of sp³-hybridized carbons (Fsp3) is 0.333. The number of hydrogen-bond acceptors (Lipinski definition) is 2. The quantitative estimate of drug-likeness (QED) is 0.698. The van der Waals surface area contributed by atoms with E-state index in [1.165, 1.54) is 0 Å². The molecule has 1 fully saturated rings. The van der Waals surface area contributed by atoms with E-state index >= 15 is 0 Å². The number of carbonyl (C=O) groups excluding carboxylic acids is 1. The Bertz CT molecular complexity index is 453. The first kappa shape index (κ1) is 11.0. The van der Waals surface area contributed by atoms with E-state index in [9.17, 15) is 4.79 Å². The molecule has 2 rings (SSSR count). The van der Waals surface area contributed by atoms with Crippen LogP contribution in [0.3, 0.4) is 0 Å². The van der Waals surface area contributed by atoms with Crippen LogP contribution in [0.1, 0.15) is 22.3 Å². The Kier molecular flexibility index (Phi) is 3.12. The Morgan fingerprint density at radius 1 is 1.56 bits per heavy atom. The van der Waals surface area contributed by atoms with Crippen molar-refractivity contribution in [3.05, 3.63) is 35.4 Å². The maximum Gasteiger partial charge on any atom is 0.253 e. The van der Waals surface area contributed by atoms with Gasteiger partial charge < -0.3 is 4.90 Å². The number of carbonyl (C=O) groups is 1. The van der Waals surface area contributed by atoms with E-state index in [0.717, 1.165) is 6.42 Å². The summed E-state index contributed by atoms with van der Waals surface area (Å²) in [7, 11) is 0. The third kappa shape index (κ3) is 2.17. The predicted octanol–water partition coefficient (Wildman–Crippen LogP) is 2.01. The van der Waals surface area contributed by atoms with Crippen LogP contribution >= 0.6 is 11.6 Å². The third-order valence-corrected chi connectivity index (χ3v) is 3.01. The van der Waals surface area contributed by atoms with Crippen molar-refractivity contribution in [2.24, 2.45) is 0 Å². The van der Waals surface area contributed by atoms with Gasteiger partial charge in [0, 0.05) is 18.7 Å². The second kappa shape index (κ2) is 4.54. The Morgan fingerprint density at radius 3 is 3.00 bits per heavy atom. The minimum absolute atomic E-state index is 0.0414. The van der Waals surface area contributed by atoms with Crippen LogP contribution < -0.4 is 0 Å². The van der Waals surface area contributed by atoms with Gasteiger partial charge in [0.15, 0.2) is 0 Å². The number of nitrogens with zero attached hydrogens (tertiary/aromatic N) is 2. The van der Waals surface area contributed by atoms with E-state index in [4.69, 9.17) is 16.9 Å². The molecule has 16 heavy (non-hydrogen) atoms. The van der Waals surface area contributed by atoms with Crippen molar-refractivity contribution < 1.29 is 4.79 Å². The maximum atomic E-state index is 12.0. The summed E-state index contributed by atoms with van der Waals surface area (Å²) in [6.45, 7) is 1.29. The van der Waals surface area contributed by atoms with Crippen molar-refractivity contribution in [3.63, 3.8) is 0 Å². The van der Waals surface area contributed by atoms with Crippen LogP contribution in [0.15, 0.2) is 24.3 Å². The van der Waals surface area contributed by atoms with Crippen molar-refractivity contribution in [1.29, 1.82) is 5.26 Å². The van der Waals surface area contributed by atoms with Gasteiger partial charge in [-0.05, 0) is 24.6 Å². The molecule has 3 nitrogen and oxygen atoms in total. The molecule has 0 aliphatic carbocycles. The smallest absolute Gasteiger partial charge is 0.253 e. The molecule has 1 unspecified atom stereocenters. The molecule has 1 saturated heterocycles. The van der Waals surface area contributed by atoms with Crippen molar-refractivity contribution in [3.8, 4) is 6.07 Å². The van der Waals surface area contributed by atoms with Gasteiger partial charge in [-0.1, -0.05) is 6.07 Å². The highest BCUT2D eigenvalue weighted by Crippen LogP contribution is 2.17. The molecule has 4 heteroatoms. The summed E-state index contributed by atoms with van der Waals surface area (Å²) in [6.07, 6.45) is 0.839. The number of benzene rings is 1. The second-order valence-corrected chi connectivity index (χ2v) is 4.45. The lowest BCUT2D eigenvalue weighted by Crippen LogP contribution is -2.28. The minimum Gasteiger partial charge on any atom is -0.337 e. The average Bonchev–Trinajstić information content (AvgIpc) is 2.75. The van der Waals surface area contributed by atoms with E-state index in [2.05, 4.69) is 0 Å². The first-order valence-corrected chi connectivity index (χ1v) is 5.58. The molecule has 0 saturated carbocycles. The fourth-order valence-electron chi connectivity index (χ4n) is 1.81. The molecule has 1 aliphatic rings. The molecule has 1 heterocycles. The molecular weight excluding hydrogens is 224 g/mol.